The first-order chi connectivity index (χ1) is 8.06. The van der Waals surface area contributed by atoms with Crippen LogP contribution < -0.4 is 0 Å². The molecule has 2 unspecified atom stereocenters. The highest BCUT2D eigenvalue weighted by molar-refractivity contribution is 6.31. The number of hydrogen-bond acceptors (Lipinski definition) is 2. The van der Waals surface area contributed by atoms with Crippen LogP contribution in [0.25, 0.3) is 0 Å². The Morgan fingerprint density at radius 1 is 1.24 bits per heavy atom. The number of aliphatic hydroxyl groups is 2. The molecule has 0 saturated carbocycles. The third-order valence-corrected chi connectivity index (χ3v) is 3.13. The van der Waals surface area contributed by atoms with Crippen LogP contribution in [0.4, 0.5) is 4.39 Å². The molecule has 1 aromatic rings. The fourth-order valence-corrected chi connectivity index (χ4v) is 2.00. The largest absolute Gasteiger partial charge is 0.390 e. The average Bonchev–Trinajstić information content (AvgIpc) is 2.28. The monoisotopic (exact) mass is 260 g/mol. The van der Waals surface area contributed by atoms with Gasteiger partial charge in [0.15, 0.2) is 0 Å². The molecule has 0 radical (unpaired) electrons. The van der Waals surface area contributed by atoms with Crippen LogP contribution in [0.2, 0.25) is 5.02 Å². The number of benzene rings is 1. The number of hydrogen-bond donors (Lipinski definition) is 2. The Kier molecular flexibility index (Phi) is 5.89. The van der Waals surface area contributed by atoms with Crippen LogP contribution in [0.5, 0.6) is 0 Å². The Balaban J connectivity index is 2.55. The molecule has 0 aromatic heterocycles. The second-order valence-corrected chi connectivity index (χ2v) is 4.57. The predicted octanol–water partition coefficient (Wildman–Crippen LogP) is 2.93. The Hall–Kier alpha value is -0.640. The van der Waals surface area contributed by atoms with E-state index in [1.807, 2.05) is 6.92 Å². The molecule has 0 aliphatic carbocycles. The van der Waals surface area contributed by atoms with E-state index in [1.165, 1.54) is 6.07 Å². The highest BCUT2D eigenvalue weighted by atomic mass is 35.5. The van der Waals surface area contributed by atoms with Crippen LogP contribution >= 0.6 is 11.6 Å². The summed E-state index contributed by atoms with van der Waals surface area (Å²) >= 11 is 5.87. The van der Waals surface area contributed by atoms with E-state index in [-0.39, 0.29) is 5.82 Å². The lowest BCUT2D eigenvalue weighted by Gasteiger charge is -2.17. The van der Waals surface area contributed by atoms with Crippen molar-refractivity contribution < 1.29 is 14.6 Å². The molecule has 0 spiro atoms. The van der Waals surface area contributed by atoms with E-state index in [0.717, 1.165) is 6.42 Å². The van der Waals surface area contributed by atoms with Gasteiger partial charge in [-0.25, -0.2) is 4.39 Å². The van der Waals surface area contributed by atoms with E-state index in [9.17, 15) is 14.6 Å². The Morgan fingerprint density at radius 2 is 1.88 bits per heavy atom. The average molecular weight is 261 g/mol. The summed E-state index contributed by atoms with van der Waals surface area (Å²) in [5.74, 6) is -0.366. The second kappa shape index (κ2) is 6.94. The first-order valence-corrected chi connectivity index (χ1v) is 6.23. The molecule has 1 aromatic carbocycles. The van der Waals surface area contributed by atoms with Crippen molar-refractivity contribution in [2.75, 3.05) is 0 Å². The van der Waals surface area contributed by atoms with E-state index in [1.54, 1.807) is 12.1 Å². The van der Waals surface area contributed by atoms with Gasteiger partial charge in [0.1, 0.15) is 5.82 Å². The van der Waals surface area contributed by atoms with Gasteiger partial charge in [0.2, 0.25) is 0 Å². The highest BCUT2D eigenvalue weighted by Crippen LogP contribution is 2.21. The Morgan fingerprint density at radius 3 is 2.47 bits per heavy atom. The number of aliphatic hydroxyl groups excluding tert-OH is 2. The van der Waals surface area contributed by atoms with E-state index in [2.05, 4.69) is 0 Å². The maximum atomic E-state index is 13.4. The molecule has 2 nitrogen and oxygen atoms in total. The van der Waals surface area contributed by atoms with Crippen molar-refractivity contribution in [3.8, 4) is 0 Å². The zero-order valence-electron chi connectivity index (χ0n) is 9.87. The van der Waals surface area contributed by atoms with Crippen molar-refractivity contribution in [1.82, 2.24) is 0 Å². The smallest absolute Gasteiger partial charge is 0.127 e. The van der Waals surface area contributed by atoms with E-state index < -0.39 is 12.2 Å². The van der Waals surface area contributed by atoms with Gasteiger partial charge in [0.25, 0.3) is 0 Å². The Labute approximate surface area is 106 Å². The highest BCUT2D eigenvalue weighted by Gasteiger charge is 2.16. The van der Waals surface area contributed by atoms with Gasteiger partial charge in [-0.15, -0.1) is 0 Å². The first-order valence-electron chi connectivity index (χ1n) is 5.85. The fraction of sp³-hybridized carbons (Fsp3) is 0.538. The minimum Gasteiger partial charge on any atom is -0.390 e. The van der Waals surface area contributed by atoms with E-state index >= 15 is 0 Å². The van der Waals surface area contributed by atoms with Gasteiger partial charge in [-0.3, -0.25) is 0 Å². The molecule has 96 valence electrons. The van der Waals surface area contributed by atoms with E-state index in [4.69, 9.17) is 11.6 Å². The van der Waals surface area contributed by atoms with Gasteiger partial charge >= 0.3 is 0 Å². The predicted molar refractivity (Wildman–Crippen MR) is 66.7 cm³/mol. The van der Waals surface area contributed by atoms with Gasteiger partial charge in [-0.1, -0.05) is 31.0 Å². The van der Waals surface area contributed by atoms with Crippen LogP contribution in [0, 0.1) is 5.82 Å². The van der Waals surface area contributed by atoms with Gasteiger partial charge in [0.05, 0.1) is 12.2 Å². The molecule has 0 aliphatic rings. The van der Waals surface area contributed by atoms with Crippen LogP contribution in [-0.2, 0) is 6.42 Å². The zero-order valence-corrected chi connectivity index (χ0v) is 10.6. The number of halogens is 2. The fourth-order valence-electron chi connectivity index (χ4n) is 1.74. The molecule has 17 heavy (non-hydrogen) atoms. The second-order valence-electron chi connectivity index (χ2n) is 4.16. The van der Waals surface area contributed by atoms with Crippen molar-refractivity contribution in [1.29, 1.82) is 0 Å². The van der Waals surface area contributed by atoms with Crippen molar-refractivity contribution in [3.05, 3.63) is 34.6 Å². The minimum absolute atomic E-state index is 0.307. The quantitative estimate of drug-likeness (QED) is 0.826. The SMILES string of the molecule is CCCC(O)C(O)CCc1c(F)cccc1Cl. The van der Waals surface area contributed by atoms with Crippen molar-refractivity contribution in [2.45, 2.75) is 44.8 Å². The summed E-state index contributed by atoms with van der Waals surface area (Å²) in [6.45, 7) is 1.93. The van der Waals surface area contributed by atoms with Crippen LogP contribution in [0.15, 0.2) is 18.2 Å². The normalized spacial score (nSPS) is 14.6. The summed E-state index contributed by atoms with van der Waals surface area (Å²) in [6.07, 6.45) is 0.413. The molecule has 0 bridgehead atoms. The van der Waals surface area contributed by atoms with Gasteiger partial charge in [-0.05, 0) is 31.4 Å². The van der Waals surface area contributed by atoms with Crippen molar-refractivity contribution >= 4 is 11.6 Å². The lowest BCUT2D eigenvalue weighted by molar-refractivity contribution is 0.00971. The zero-order chi connectivity index (χ0) is 12.8. The van der Waals surface area contributed by atoms with Crippen LogP contribution in [0.3, 0.4) is 0 Å². The summed E-state index contributed by atoms with van der Waals surface area (Å²) in [6, 6.07) is 4.51. The molecule has 2 N–H and O–H groups in total. The first kappa shape index (κ1) is 14.4. The summed E-state index contributed by atoms with van der Waals surface area (Å²) in [5, 5.41) is 19.6. The lowest BCUT2D eigenvalue weighted by Crippen LogP contribution is -2.26. The van der Waals surface area contributed by atoms with Crippen LogP contribution in [-0.4, -0.2) is 22.4 Å². The molecular weight excluding hydrogens is 243 g/mol. The standard InChI is InChI=1S/C13H18ClFO2/c1-2-4-12(16)13(17)8-7-9-10(14)5-3-6-11(9)15/h3,5-6,12-13,16-17H,2,4,7-8H2,1H3. The lowest BCUT2D eigenvalue weighted by atomic mass is 10.0. The van der Waals surface area contributed by atoms with Gasteiger partial charge in [-0.2, -0.15) is 0 Å². The van der Waals surface area contributed by atoms with Crippen LogP contribution in [0.1, 0.15) is 31.7 Å². The maximum absolute atomic E-state index is 13.4. The molecule has 2 atom stereocenters. The molecule has 4 heteroatoms. The van der Waals surface area contributed by atoms with Crippen molar-refractivity contribution in [3.63, 3.8) is 0 Å². The molecule has 0 fully saturated rings. The summed E-state index contributed by atoms with van der Waals surface area (Å²) < 4.78 is 13.4. The molecule has 0 saturated heterocycles. The van der Waals surface area contributed by atoms with E-state index in [0.29, 0.717) is 29.8 Å². The molecule has 0 heterocycles. The summed E-state index contributed by atoms with van der Waals surface area (Å²) in [7, 11) is 0. The molecular formula is C13H18ClFO2. The molecule has 0 aliphatic heterocycles. The number of rotatable bonds is 6. The van der Waals surface area contributed by atoms with Crippen molar-refractivity contribution in [2.24, 2.45) is 0 Å². The third kappa shape index (κ3) is 4.26. The molecule has 1 rings (SSSR count). The summed E-state index contributed by atoms with van der Waals surface area (Å²) in [4.78, 5) is 0. The Bertz CT molecular complexity index is 337. The minimum atomic E-state index is -0.828. The maximum Gasteiger partial charge on any atom is 0.127 e. The van der Waals surface area contributed by atoms with Gasteiger partial charge in [0, 0.05) is 10.6 Å². The van der Waals surface area contributed by atoms with Gasteiger partial charge < -0.3 is 10.2 Å². The summed E-state index contributed by atoms with van der Waals surface area (Å²) in [5.41, 5.74) is 0.400. The third-order valence-electron chi connectivity index (χ3n) is 2.78. The topological polar surface area (TPSA) is 40.5 Å². The molecule has 0 amide bonds.